The van der Waals surface area contributed by atoms with Crippen molar-refractivity contribution in [3.8, 4) is 5.75 Å². The summed E-state index contributed by atoms with van der Waals surface area (Å²) in [6.45, 7) is 3.09. The van der Waals surface area contributed by atoms with Gasteiger partial charge in [-0.25, -0.2) is 12.8 Å². The van der Waals surface area contributed by atoms with E-state index in [1.807, 2.05) is 74.5 Å². The van der Waals surface area contributed by atoms with Crippen LogP contribution in [-0.2, 0) is 32.6 Å². The van der Waals surface area contributed by atoms with Crippen molar-refractivity contribution in [2.75, 3.05) is 18.0 Å². The van der Waals surface area contributed by atoms with Gasteiger partial charge in [0.2, 0.25) is 11.8 Å². The molecule has 0 radical (unpaired) electrons. The lowest BCUT2D eigenvalue weighted by molar-refractivity contribution is -0.140. The van der Waals surface area contributed by atoms with E-state index in [1.54, 1.807) is 0 Å². The summed E-state index contributed by atoms with van der Waals surface area (Å²) in [5, 5.41) is 2.92. The number of carbonyl (C=O) groups excluding carboxylic acids is 2. The number of hydrogen-bond donors (Lipinski definition) is 1. The zero-order valence-electron chi connectivity index (χ0n) is 24.9. The monoisotopic (exact) mass is 617 g/mol. The van der Waals surface area contributed by atoms with Gasteiger partial charge in [-0.3, -0.25) is 13.9 Å². The smallest absolute Gasteiger partial charge is 0.264 e. The molecule has 0 aliphatic heterocycles. The Morgan fingerprint density at radius 3 is 1.93 bits per heavy atom. The van der Waals surface area contributed by atoms with Gasteiger partial charge in [-0.1, -0.05) is 60.7 Å². The van der Waals surface area contributed by atoms with Gasteiger partial charge in [-0.15, -0.1) is 0 Å². The number of nitrogens with one attached hydrogen (secondary N) is 1. The molecule has 230 valence electrons. The highest BCUT2D eigenvalue weighted by Gasteiger charge is 2.34. The van der Waals surface area contributed by atoms with Crippen molar-refractivity contribution in [3.05, 3.63) is 126 Å². The van der Waals surface area contributed by atoms with Crippen LogP contribution in [0.15, 0.2) is 114 Å². The van der Waals surface area contributed by atoms with Gasteiger partial charge in [0.1, 0.15) is 24.2 Å². The van der Waals surface area contributed by atoms with Crippen LogP contribution >= 0.6 is 0 Å². The van der Waals surface area contributed by atoms with E-state index < -0.39 is 34.3 Å². The van der Waals surface area contributed by atoms with Crippen molar-refractivity contribution in [3.63, 3.8) is 0 Å². The van der Waals surface area contributed by atoms with Crippen LogP contribution in [0.3, 0.4) is 0 Å². The van der Waals surface area contributed by atoms with E-state index in [2.05, 4.69) is 5.32 Å². The zero-order valence-corrected chi connectivity index (χ0v) is 25.7. The van der Waals surface area contributed by atoms with Crippen LogP contribution in [0.25, 0.3) is 0 Å². The highest BCUT2D eigenvalue weighted by molar-refractivity contribution is 7.92. The number of nitrogens with zero attached hydrogens (tertiary/aromatic N) is 2. The van der Waals surface area contributed by atoms with E-state index in [-0.39, 0.29) is 35.5 Å². The predicted octanol–water partition coefficient (Wildman–Crippen LogP) is 5.19. The summed E-state index contributed by atoms with van der Waals surface area (Å²) in [6, 6.07) is 28.0. The van der Waals surface area contributed by atoms with E-state index in [4.69, 9.17) is 4.74 Å². The molecule has 0 unspecified atom stereocenters. The van der Waals surface area contributed by atoms with Crippen LogP contribution in [0.5, 0.6) is 5.75 Å². The maximum atomic E-state index is 14.3. The second-order valence-corrected chi connectivity index (χ2v) is 12.4. The average molecular weight is 618 g/mol. The second kappa shape index (κ2) is 14.7. The van der Waals surface area contributed by atoms with E-state index in [0.29, 0.717) is 5.75 Å². The maximum absolute atomic E-state index is 14.3. The number of amides is 2. The molecule has 2 amide bonds. The SMILES string of the molecule is COc1ccc(S(=O)(=O)N(CC(=O)N(Cc2ccccc2)[C@H](Cc2ccccc2)C(=O)NC(C)C)c2ccc(F)cc2)cc1. The zero-order chi connectivity index (χ0) is 31.7. The lowest BCUT2D eigenvalue weighted by atomic mass is 10.0. The van der Waals surface area contributed by atoms with E-state index in [1.165, 1.54) is 48.4 Å². The summed E-state index contributed by atoms with van der Waals surface area (Å²) < 4.78 is 48.0. The van der Waals surface area contributed by atoms with Crippen molar-refractivity contribution in [2.24, 2.45) is 0 Å². The van der Waals surface area contributed by atoms with Gasteiger partial charge in [0, 0.05) is 19.0 Å². The number of anilines is 1. The van der Waals surface area contributed by atoms with Gasteiger partial charge in [-0.2, -0.15) is 0 Å². The van der Waals surface area contributed by atoms with Crippen molar-refractivity contribution in [2.45, 2.75) is 43.8 Å². The Balaban J connectivity index is 1.78. The fourth-order valence-corrected chi connectivity index (χ4v) is 6.14. The number of halogens is 1. The number of rotatable bonds is 13. The Morgan fingerprint density at radius 1 is 0.818 bits per heavy atom. The third-order valence-electron chi connectivity index (χ3n) is 6.94. The molecule has 8 nitrogen and oxygen atoms in total. The number of hydrogen-bond acceptors (Lipinski definition) is 5. The van der Waals surface area contributed by atoms with Crippen molar-refractivity contribution >= 4 is 27.5 Å². The largest absolute Gasteiger partial charge is 0.497 e. The minimum atomic E-state index is -4.31. The minimum Gasteiger partial charge on any atom is -0.497 e. The van der Waals surface area contributed by atoms with Gasteiger partial charge >= 0.3 is 0 Å². The molecule has 10 heteroatoms. The van der Waals surface area contributed by atoms with Crippen LogP contribution in [0.2, 0.25) is 0 Å². The number of ether oxygens (including phenoxy) is 1. The topological polar surface area (TPSA) is 96.0 Å². The molecule has 44 heavy (non-hydrogen) atoms. The first-order chi connectivity index (χ1) is 21.1. The number of benzene rings is 4. The van der Waals surface area contributed by atoms with Crippen LogP contribution in [-0.4, -0.2) is 50.9 Å². The summed E-state index contributed by atoms with van der Waals surface area (Å²) in [6.07, 6.45) is 0.208. The van der Waals surface area contributed by atoms with Crippen molar-refractivity contribution in [1.82, 2.24) is 10.2 Å². The normalized spacial score (nSPS) is 11.9. The molecule has 1 atom stereocenters. The molecule has 4 rings (SSSR count). The van der Waals surface area contributed by atoms with Crippen LogP contribution in [0.1, 0.15) is 25.0 Å². The van der Waals surface area contributed by atoms with Crippen molar-refractivity contribution < 1.29 is 27.1 Å². The maximum Gasteiger partial charge on any atom is 0.264 e. The fraction of sp³-hybridized carbons (Fsp3) is 0.235. The Bertz CT molecular complexity index is 1630. The molecule has 0 aliphatic rings. The molecule has 0 saturated heterocycles. The highest BCUT2D eigenvalue weighted by atomic mass is 32.2. The Labute approximate surface area is 258 Å². The summed E-state index contributed by atoms with van der Waals surface area (Å²) in [7, 11) is -2.84. The van der Waals surface area contributed by atoms with E-state index in [0.717, 1.165) is 27.6 Å². The Hall–Kier alpha value is -4.70. The van der Waals surface area contributed by atoms with Crippen molar-refractivity contribution in [1.29, 1.82) is 0 Å². The Kier molecular flexibility index (Phi) is 10.7. The van der Waals surface area contributed by atoms with Crippen LogP contribution in [0.4, 0.5) is 10.1 Å². The molecule has 0 aromatic heterocycles. The fourth-order valence-electron chi connectivity index (χ4n) is 4.73. The molecule has 4 aromatic rings. The molecular formula is C34H36FN3O5S. The standard InChI is InChI=1S/C34H36FN3O5S/c1-25(2)36-34(40)32(22-26-10-6-4-7-11-26)37(23-27-12-8-5-9-13-27)33(39)24-38(29-16-14-28(35)15-17-29)44(41,42)31-20-18-30(43-3)19-21-31/h4-21,25,32H,22-24H2,1-3H3,(H,36,40)/t32-/m1/s1. The first-order valence-corrected chi connectivity index (χ1v) is 15.6. The predicted molar refractivity (Wildman–Crippen MR) is 168 cm³/mol. The molecular weight excluding hydrogens is 581 g/mol. The number of sulfonamides is 1. The van der Waals surface area contributed by atoms with Gasteiger partial charge < -0.3 is 15.0 Å². The molecule has 0 fully saturated rings. The molecule has 0 aliphatic carbocycles. The lowest BCUT2D eigenvalue weighted by Crippen LogP contribution is -2.54. The third-order valence-corrected chi connectivity index (χ3v) is 8.73. The quantitative estimate of drug-likeness (QED) is 0.223. The van der Waals surface area contributed by atoms with Crippen LogP contribution < -0.4 is 14.4 Å². The lowest BCUT2D eigenvalue weighted by Gasteiger charge is -2.34. The summed E-state index contributed by atoms with van der Waals surface area (Å²) in [5.74, 6) is -1.06. The molecule has 4 aromatic carbocycles. The van der Waals surface area contributed by atoms with Crippen LogP contribution in [0, 0.1) is 5.82 Å². The summed E-state index contributed by atoms with van der Waals surface area (Å²) in [5.41, 5.74) is 1.70. The van der Waals surface area contributed by atoms with Gasteiger partial charge in [-0.05, 0) is 73.5 Å². The number of methoxy groups -OCH3 is 1. The summed E-state index contributed by atoms with van der Waals surface area (Å²) >= 11 is 0. The first kappa shape index (κ1) is 32.2. The molecule has 1 N–H and O–H groups in total. The van der Waals surface area contributed by atoms with E-state index >= 15 is 0 Å². The highest BCUT2D eigenvalue weighted by Crippen LogP contribution is 2.26. The Morgan fingerprint density at radius 2 is 1.39 bits per heavy atom. The summed E-state index contributed by atoms with van der Waals surface area (Å²) in [4.78, 5) is 29.4. The van der Waals surface area contributed by atoms with Gasteiger partial charge in [0.15, 0.2) is 0 Å². The van der Waals surface area contributed by atoms with Gasteiger partial charge in [0.25, 0.3) is 10.0 Å². The van der Waals surface area contributed by atoms with E-state index in [9.17, 15) is 22.4 Å². The average Bonchev–Trinajstić information content (AvgIpc) is 3.02. The molecule has 0 bridgehead atoms. The third kappa shape index (κ3) is 8.23. The molecule has 0 heterocycles. The first-order valence-electron chi connectivity index (χ1n) is 14.2. The second-order valence-electron chi connectivity index (χ2n) is 10.5. The molecule has 0 spiro atoms. The molecule has 0 saturated carbocycles. The minimum absolute atomic E-state index is 0.0581. The van der Waals surface area contributed by atoms with Gasteiger partial charge in [0.05, 0.1) is 17.7 Å². The number of carbonyl (C=O) groups is 2.